The Labute approximate surface area is 55.7 Å². The molecule has 0 unspecified atom stereocenters. The maximum Gasteiger partial charge on any atom is 2.00 e. The number of hydrogen-bond donors (Lipinski definition) is 0. The summed E-state index contributed by atoms with van der Waals surface area (Å²) in [7, 11) is 0. The van der Waals surface area contributed by atoms with Crippen molar-refractivity contribution in [2.45, 2.75) is 0 Å². The molecule has 0 fully saturated rings. The smallest absolute Gasteiger partial charge is 0.652 e. The van der Waals surface area contributed by atoms with Gasteiger partial charge >= 0.3 is 17.1 Å². The van der Waals surface area contributed by atoms with E-state index in [0.717, 1.165) is 0 Å². The third kappa shape index (κ3) is 494. The van der Waals surface area contributed by atoms with Crippen LogP contribution in [0.5, 0.6) is 0 Å². The predicted molar refractivity (Wildman–Crippen MR) is 5.40 cm³/mol. The van der Waals surface area contributed by atoms with E-state index in [1.807, 2.05) is 0 Å². The number of hydrogen-bond acceptors (Lipinski definition) is 3. The maximum absolute atomic E-state index is 8.33. The Bertz CT molecular complexity index is 33.8. The third-order valence-electron chi connectivity index (χ3n) is 0. The molecule has 6 heavy (non-hydrogen) atoms. The summed E-state index contributed by atoms with van der Waals surface area (Å²) in [6.07, 6.45) is -2.33. The van der Waals surface area contributed by atoms with Crippen molar-refractivity contribution >= 4 is 6.16 Å². The first kappa shape index (κ1) is 16.2. The zero-order valence-corrected chi connectivity index (χ0v) is 4.53. The van der Waals surface area contributed by atoms with Crippen LogP contribution in [-0.2, 0) is 34.1 Å². The molecule has 0 aromatic rings. The molecular formula is CCuMnO3. The average Bonchev–Trinajstić information content (AvgIpc) is 0.811. The van der Waals surface area contributed by atoms with Crippen LogP contribution in [0.15, 0.2) is 0 Å². The van der Waals surface area contributed by atoms with Crippen molar-refractivity contribution in [3.63, 3.8) is 0 Å². The Balaban J connectivity index is -0.0000000450. The molecule has 5 heteroatoms. The molecule has 0 heterocycles. The Kier molecular flexibility index (Phi) is 24.4. The molecule has 3 nitrogen and oxygen atoms in total. The topological polar surface area (TPSA) is 63.2 Å². The third-order valence-corrected chi connectivity index (χ3v) is 0. The second-order valence-electron chi connectivity index (χ2n) is 0.250. The van der Waals surface area contributed by atoms with Gasteiger partial charge in [-0.25, -0.2) is 0 Å². The molecule has 0 amide bonds. The van der Waals surface area contributed by atoms with Gasteiger partial charge in [0, 0.05) is 17.1 Å². The normalized spacial score (nSPS) is 4.00. The fourth-order valence-electron chi connectivity index (χ4n) is 0. The number of rotatable bonds is 0. The molecule has 0 rings (SSSR count). The predicted octanol–water partition coefficient (Wildman–Crippen LogP) is -2.45. The first-order valence-electron chi connectivity index (χ1n) is 0.612. The number of carboxylic acid groups (broad SMARTS) is 2. The molecule has 0 aromatic heterocycles. The minimum absolute atomic E-state index is 0. The minimum atomic E-state index is -2.33. The molecule has 0 spiro atoms. The van der Waals surface area contributed by atoms with Gasteiger partial charge in [-0.1, -0.05) is 0 Å². The zero-order chi connectivity index (χ0) is 3.58. The van der Waals surface area contributed by atoms with Gasteiger partial charge in [0.1, 0.15) is 0 Å². The quantitative estimate of drug-likeness (QED) is 0.387. The fourth-order valence-corrected chi connectivity index (χ4v) is 0. The van der Waals surface area contributed by atoms with E-state index in [4.69, 9.17) is 15.0 Å². The van der Waals surface area contributed by atoms with Crippen LogP contribution in [0.3, 0.4) is 0 Å². The van der Waals surface area contributed by atoms with Crippen LogP contribution in [0.4, 0.5) is 4.79 Å². The molecule has 0 bridgehead atoms. The molecule has 0 aliphatic rings. The van der Waals surface area contributed by atoms with Crippen molar-refractivity contribution < 1.29 is 49.1 Å². The summed E-state index contributed by atoms with van der Waals surface area (Å²) in [4.78, 5) is 8.33. The van der Waals surface area contributed by atoms with Crippen LogP contribution in [0.25, 0.3) is 0 Å². The van der Waals surface area contributed by atoms with Crippen LogP contribution in [-0.4, -0.2) is 6.16 Å². The molecule has 2 radical (unpaired) electrons. The van der Waals surface area contributed by atoms with Gasteiger partial charge in [-0.3, -0.25) is 0 Å². The van der Waals surface area contributed by atoms with E-state index in [0.29, 0.717) is 0 Å². The van der Waals surface area contributed by atoms with E-state index < -0.39 is 6.16 Å². The van der Waals surface area contributed by atoms with Gasteiger partial charge in [-0.05, 0) is 6.16 Å². The summed E-state index contributed by atoms with van der Waals surface area (Å²) in [5.41, 5.74) is 0. The van der Waals surface area contributed by atoms with Gasteiger partial charge in [0.2, 0.25) is 0 Å². The van der Waals surface area contributed by atoms with Crippen molar-refractivity contribution in [1.82, 2.24) is 0 Å². The molecule has 0 aliphatic carbocycles. The van der Waals surface area contributed by atoms with Crippen LogP contribution in [0.1, 0.15) is 0 Å². The maximum atomic E-state index is 8.33. The molecule has 0 atom stereocenters. The molecule has 0 aromatic carbocycles. The first-order valence-corrected chi connectivity index (χ1v) is 0.612. The molecule has 0 saturated heterocycles. The summed E-state index contributed by atoms with van der Waals surface area (Å²) in [6, 6.07) is 0. The van der Waals surface area contributed by atoms with Gasteiger partial charge in [0.15, 0.2) is 0 Å². The zero-order valence-electron chi connectivity index (χ0n) is 2.40. The summed E-state index contributed by atoms with van der Waals surface area (Å²) < 4.78 is 0. The first-order chi connectivity index (χ1) is 1.73. The molecule has 40 valence electrons. The second-order valence-corrected chi connectivity index (χ2v) is 0.250. The van der Waals surface area contributed by atoms with Crippen LogP contribution >= 0.6 is 0 Å². The molecular weight excluding hydrogens is 178 g/mol. The summed E-state index contributed by atoms with van der Waals surface area (Å²) in [5.74, 6) is 0. The molecule has 0 N–H and O–H groups in total. The van der Waals surface area contributed by atoms with Gasteiger partial charge < -0.3 is 15.0 Å². The van der Waals surface area contributed by atoms with Gasteiger partial charge in [-0.2, -0.15) is 0 Å². The van der Waals surface area contributed by atoms with Crippen molar-refractivity contribution in [2.24, 2.45) is 0 Å². The van der Waals surface area contributed by atoms with E-state index in [2.05, 4.69) is 0 Å². The van der Waals surface area contributed by atoms with E-state index in [-0.39, 0.29) is 34.1 Å². The SMILES string of the molecule is O=C([O-])[O-].[Cu].[Mn+2]. The van der Waals surface area contributed by atoms with E-state index >= 15 is 0 Å². The molecule has 0 aliphatic heterocycles. The van der Waals surface area contributed by atoms with Gasteiger partial charge in [0.25, 0.3) is 0 Å². The van der Waals surface area contributed by atoms with Crippen molar-refractivity contribution in [2.75, 3.05) is 0 Å². The number of carbonyl (C=O) groups excluding carboxylic acids is 1. The van der Waals surface area contributed by atoms with Crippen LogP contribution in [0, 0.1) is 0 Å². The average molecular weight is 178 g/mol. The second kappa shape index (κ2) is 9.00. The van der Waals surface area contributed by atoms with E-state index in [1.165, 1.54) is 0 Å². The fraction of sp³-hybridized carbons (Fsp3) is 0. The Morgan fingerprint density at radius 2 is 1.33 bits per heavy atom. The monoisotopic (exact) mass is 178 g/mol. The van der Waals surface area contributed by atoms with Crippen molar-refractivity contribution in [3.05, 3.63) is 0 Å². The van der Waals surface area contributed by atoms with Crippen molar-refractivity contribution in [1.29, 1.82) is 0 Å². The Morgan fingerprint density at radius 1 is 1.33 bits per heavy atom. The largest absolute Gasteiger partial charge is 2.00 e. The Morgan fingerprint density at radius 3 is 1.33 bits per heavy atom. The standard InChI is InChI=1S/CH2O3.Cu.Mn/c2-1(3)4;;/h(H2,2,3,4);;/q;;+2/p-2. The van der Waals surface area contributed by atoms with Crippen LogP contribution in [0.2, 0.25) is 0 Å². The van der Waals surface area contributed by atoms with E-state index in [1.54, 1.807) is 0 Å². The van der Waals surface area contributed by atoms with E-state index in [9.17, 15) is 0 Å². The summed E-state index contributed by atoms with van der Waals surface area (Å²) in [6.45, 7) is 0. The number of carbonyl (C=O) groups is 1. The summed E-state index contributed by atoms with van der Waals surface area (Å²) in [5, 5.41) is 16.7. The minimum Gasteiger partial charge on any atom is -0.652 e. The molecule has 0 saturated carbocycles. The van der Waals surface area contributed by atoms with Gasteiger partial charge in [-0.15, -0.1) is 0 Å². The summed E-state index contributed by atoms with van der Waals surface area (Å²) >= 11 is 0. The Hall–Kier alpha value is 0.309. The van der Waals surface area contributed by atoms with Crippen LogP contribution < -0.4 is 10.2 Å². The van der Waals surface area contributed by atoms with Crippen molar-refractivity contribution in [3.8, 4) is 0 Å². The van der Waals surface area contributed by atoms with Gasteiger partial charge in [0.05, 0.1) is 0 Å².